The molecule has 14 heteroatoms. The number of amides is 2. The fraction of sp³-hybridized carbons (Fsp3) is 0.562. The smallest absolute Gasteiger partial charge is 0.408 e. The second-order valence-corrected chi connectivity index (χ2v) is 14.5. The van der Waals surface area contributed by atoms with Gasteiger partial charge in [-0.1, -0.05) is 44.2 Å². The molecule has 5 N–H and O–H groups in total. The number of alkyl carbamates (subject to hydrolysis) is 1. The zero-order chi connectivity index (χ0) is 33.6. The average molecular weight is 663 g/mol. The van der Waals surface area contributed by atoms with E-state index in [4.69, 9.17) is 24.7 Å². The predicted molar refractivity (Wildman–Crippen MR) is 169 cm³/mol. The van der Waals surface area contributed by atoms with Gasteiger partial charge in [0.1, 0.15) is 18.0 Å². The van der Waals surface area contributed by atoms with Crippen LogP contribution in [-0.2, 0) is 42.0 Å². The summed E-state index contributed by atoms with van der Waals surface area (Å²) < 4.78 is 52.2. The summed E-state index contributed by atoms with van der Waals surface area (Å²) in [7, 11) is -1.35. The van der Waals surface area contributed by atoms with E-state index in [9.17, 15) is 23.1 Å². The van der Waals surface area contributed by atoms with Crippen LogP contribution in [0, 0.1) is 11.3 Å². The van der Waals surface area contributed by atoms with Crippen LogP contribution in [0.3, 0.4) is 0 Å². The highest BCUT2D eigenvalue weighted by Gasteiger charge is 2.44. The molecule has 46 heavy (non-hydrogen) atoms. The van der Waals surface area contributed by atoms with Gasteiger partial charge in [-0.15, -0.1) is 0 Å². The van der Waals surface area contributed by atoms with Crippen LogP contribution in [0.4, 0.5) is 4.79 Å². The summed E-state index contributed by atoms with van der Waals surface area (Å²) in [5.74, 6) is 0.0599. The number of nitrogens with two attached hydrogens (primary N) is 1. The van der Waals surface area contributed by atoms with Crippen LogP contribution < -0.4 is 21.1 Å². The van der Waals surface area contributed by atoms with Crippen molar-refractivity contribution in [3.63, 3.8) is 0 Å². The molecule has 0 aromatic heterocycles. The molecule has 0 aliphatic carbocycles. The van der Waals surface area contributed by atoms with Crippen molar-refractivity contribution in [3.05, 3.63) is 59.7 Å². The minimum atomic E-state index is -4.36. The SMILES string of the molecule is CNC(=O)C(N)CC(C)(C)Cc1cc(S(=O)(=O)N(Cc2ccccc2)[C@H](NC(=O)O[C@H]2CO[C@H]3OCC[C@H]32)[C@@H](C)O)ccc1OC. The minimum Gasteiger partial charge on any atom is -0.496 e. The molecule has 2 fully saturated rings. The van der Waals surface area contributed by atoms with Gasteiger partial charge in [-0.3, -0.25) is 4.79 Å². The number of rotatable bonds is 14. The highest BCUT2D eigenvalue weighted by Crippen LogP contribution is 2.35. The van der Waals surface area contributed by atoms with Crippen molar-refractivity contribution in [2.75, 3.05) is 27.4 Å². The van der Waals surface area contributed by atoms with Crippen LogP contribution in [0.5, 0.6) is 5.75 Å². The Hall–Kier alpha value is -3.27. The molecule has 4 rings (SSSR count). The number of aliphatic hydroxyl groups is 1. The van der Waals surface area contributed by atoms with Crippen LogP contribution in [0.1, 0.15) is 44.7 Å². The number of carbonyl (C=O) groups is 2. The normalized spacial score (nSPS) is 21.7. The number of nitrogens with zero attached hydrogens (tertiary/aromatic N) is 1. The Labute approximate surface area is 270 Å². The van der Waals surface area contributed by atoms with Gasteiger partial charge in [0.15, 0.2) is 6.29 Å². The van der Waals surface area contributed by atoms with E-state index in [0.29, 0.717) is 42.7 Å². The first-order valence-corrected chi connectivity index (χ1v) is 16.8. The van der Waals surface area contributed by atoms with Gasteiger partial charge in [-0.25, -0.2) is 13.2 Å². The molecule has 2 heterocycles. The largest absolute Gasteiger partial charge is 0.496 e. The molecule has 0 radical (unpaired) electrons. The molecule has 0 spiro atoms. The number of ether oxygens (including phenoxy) is 4. The Morgan fingerprint density at radius 2 is 1.89 bits per heavy atom. The maximum absolute atomic E-state index is 14.5. The number of fused-ring (bicyclic) bond motifs is 1. The first-order chi connectivity index (χ1) is 21.8. The topological polar surface area (TPSA) is 179 Å². The van der Waals surface area contributed by atoms with Gasteiger partial charge < -0.3 is 40.4 Å². The molecular weight excluding hydrogens is 616 g/mol. The van der Waals surface area contributed by atoms with Crippen molar-refractivity contribution in [1.29, 1.82) is 0 Å². The van der Waals surface area contributed by atoms with Gasteiger partial charge >= 0.3 is 6.09 Å². The number of sulfonamides is 1. The molecule has 2 saturated heterocycles. The van der Waals surface area contributed by atoms with Crippen molar-refractivity contribution in [2.45, 2.75) is 82.2 Å². The number of benzene rings is 2. The van der Waals surface area contributed by atoms with Gasteiger partial charge in [0.25, 0.3) is 0 Å². The van der Waals surface area contributed by atoms with E-state index in [1.807, 2.05) is 13.8 Å². The molecule has 254 valence electrons. The van der Waals surface area contributed by atoms with Crippen LogP contribution in [0.15, 0.2) is 53.4 Å². The third-order valence-corrected chi connectivity index (χ3v) is 10.2. The quantitative estimate of drug-likeness (QED) is 0.219. The highest BCUT2D eigenvalue weighted by molar-refractivity contribution is 7.89. The molecule has 2 amide bonds. The second-order valence-electron chi connectivity index (χ2n) is 12.6. The molecule has 13 nitrogen and oxygen atoms in total. The molecule has 0 saturated carbocycles. The van der Waals surface area contributed by atoms with Gasteiger partial charge in [0, 0.05) is 13.6 Å². The summed E-state index contributed by atoms with van der Waals surface area (Å²) in [5, 5.41) is 16.0. The lowest BCUT2D eigenvalue weighted by Crippen LogP contribution is -2.56. The lowest BCUT2D eigenvalue weighted by molar-refractivity contribution is -0.122. The van der Waals surface area contributed by atoms with E-state index < -0.39 is 52.2 Å². The average Bonchev–Trinajstić information content (AvgIpc) is 3.63. The molecule has 2 aromatic carbocycles. The number of methoxy groups -OCH3 is 1. The fourth-order valence-electron chi connectivity index (χ4n) is 6.02. The van der Waals surface area contributed by atoms with Gasteiger partial charge in [-0.05, 0) is 60.9 Å². The maximum atomic E-state index is 14.5. The van der Waals surface area contributed by atoms with Crippen molar-refractivity contribution < 1.29 is 42.1 Å². The third-order valence-electron chi connectivity index (χ3n) is 8.34. The molecule has 2 aliphatic rings. The first-order valence-electron chi connectivity index (χ1n) is 15.3. The Morgan fingerprint density at radius 3 is 2.54 bits per heavy atom. The highest BCUT2D eigenvalue weighted by atomic mass is 32.2. The zero-order valence-electron chi connectivity index (χ0n) is 27.0. The molecule has 6 atom stereocenters. The van der Waals surface area contributed by atoms with Crippen LogP contribution in [0.2, 0.25) is 0 Å². The van der Waals surface area contributed by atoms with E-state index >= 15 is 0 Å². The maximum Gasteiger partial charge on any atom is 0.408 e. The Kier molecular flexibility index (Phi) is 11.7. The summed E-state index contributed by atoms with van der Waals surface area (Å²) in [6.07, 6.45) is -3.24. The summed E-state index contributed by atoms with van der Waals surface area (Å²) in [5.41, 5.74) is 6.82. The number of hydrogen-bond acceptors (Lipinski definition) is 10. The predicted octanol–water partition coefficient (Wildman–Crippen LogP) is 2.11. The molecule has 2 aromatic rings. The van der Waals surface area contributed by atoms with E-state index in [1.165, 1.54) is 33.2 Å². The monoisotopic (exact) mass is 662 g/mol. The second kappa shape index (κ2) is 15.1. The fourth-order valence-corrected chi connectivity index (χ4v) is 7.67. The van der Waals surface area contributed by atoms with E-state index in [-0.39, 0.29) is 29.9 Å². The number of aliphatic hydroxyl groups excluding tert-OH is 1. The molecular formula is C32H46N4O9S. The van der Waals surface area contributed by atoms with E-state index in [2.05, 4.69) is 10.6 Å². The number of hydrogen-bond donors (Lipinski definition) is 4. The van der Waals surface area contributed by atoms with Crippen molar-refractivity contribution in [1.82, 2.24) is 14.9 Å². The molecule has 1 unspecified atom stereocenters. The molecule has 2 aliphatic heterocycles. The van der Waals surface area contributed by atoms with Crippen molar-refractivity contribution in [2.24, 2.45) is 17.1 Å². The van der Waals surface area contributed by atoms with Crippen molar-refractivity contribution in [3.8, 4) is 5.75 Å². The number of likely N-dealkylation sites (N-methyl/N-ethyl adjacent to an activating group) is 1. The summed E-state index contributed by atoms with van der Waals surface area (Å²) >= 11 is 0. The zero-order valence-corrected chi connectivity index (χ0v) is 27.8. The first kappa shape index (κ1) is 35.6. The lowest BCUT2D eigenvalue weighted by Gasteiger charge is -2.34. The van der Waals surface area contributed by atoms with Gasteiger partial charge in [0.05, 0.1) is 43.3 Å². The minimum absolute atomic E-state index is 0.0680. The van der Waals surface area contributed by atoms with E-state index in [1.54, 1.807) is 36.4 Å². The van der Waals surface area contributed by atoms with Crippen LogP contribution >= 0.6 is 0 Å². The van der Waals surface area contributed by atoms with Gasteiger partial charge in [0.2, 0.25) is 15.9 Å². The molecule has 0 bridgehead atoms. The Bertz CT molecular complexity index is 1450. The van der Waals surface area contributed by atoms with E-state index in [0.717, 1.165) is 4.31 Å². The number of nitrogens with one attached hydrogen (secondary N) is 2. The van der Waals surface area contributed by atoms with Gasteiger partial charge in [-0.2, -0.15) is 4.31 Å². The van der Waals surface area contributed by atoms with Crippen LogP contribution in [-0.4, -0.2) is 87.9 Å². The standard InChI is InChI=1S/C32H46N4O9S/c1-20(37)28(35-31(39)45-27-19-44-30-24(27)13-14-43-30)36(18-21-9-7-6-8-10-21)46(40,41)23-11-12-26(42-5)22(15-23)16-32(2,3)17-25(33)29(38)34-4/h6-12,15,20,24-25,27-28,30,37H,13-14,16-19,33H2,1-5H3,(H,34,38)(H,35,39)/t20-,24+,25?,27+,28+,30-/m1/s1. The summed E-state index contributed by atoms with van der Waals surface area (Å²) in [6, 6.07) is 12.6. The lowest BCUT2D eigenvalue weighted by atomic mass is 9.80. The number of carbonyl (C=O) groups excluding carboxylic acids is 2. The van der Waals surface area contributed by atoms with Crippen LogP contribution in [0.25, 0.3) is 0 Å². The summed E-state index contributed by atoms with van der Waals surface area (Å²) in [4.78, 5) is 25.2. The Morgan fingerprint density at radius 1 is 1.17 bits per heavy atom. The third kappa shape index (κ3) is 8.55. The Balaban J connectivity index is 1.65. The van der Waals surface area contributed by atoms with Crippen molar-refractivity contribution >= 4 is 22.0 Å². The summed E-state index contributed by atoms with van der Waals surface area (Å²) in [6.45, 7) is 5.78.